The van der Waals surface area contributed by atoms with Crippen molar-refractivity contribution in [1.29, 1.82) is 0 Å². The van der Waals surface area contributed by atoms with Crippen molar-refractivity contribution < 1.29 is 29.9 Å². The standard InChI is InChI=1S/C68H55N4O.Pt/c1-67(2,3)51-35-32-49(33-36-51)56-29-19-28-55(47-22-12-8-13-23-47)66(56)71-45-70(62-30-16-17-31-63(62)71)52-26-18-27-53(41-52)73-54-37-38-57-58-40-50(46-20-10-7-11-21-46)34-39-61(58)72(64(57)42-54)65-43-60(68(4,5)6)59(44-69-65)48-24-14-9-15-25-48;/h7-40,43-45H,1-6H3;/q-3;/i18D,26D,27D;. The van der Waals surface area contributed by atoms with Gasteiger partial charge in [0.15, 0.2) is 0 Å². The van der Waals surface area contributed by atoms with E-state index in [0.29, 0.717) is 5.75 Å². The fourth-order valence-electron chi connectivity index (χ4n) is 10.2. The van der Waals surface area contributed by atoms with Gasteiger partial charge in [0, 0.05) is 79.4 Å². The molecule has 6 heteroatoms. The molecule has 3 heterocycles. The largest absolute Gasteiger partial charge is 0.509 e. The third kappa shape index (κ3) is 9.01. The molecule has 0 spiro atoms. The minimum atomic E-state index is -0.279. The Morgan fingerprint density at radius 1 is 0.514 bits per heavy atom. The van der Waals surface area contributed by atoms with Gasteiger partial charge in [-0.25, -0.2) is 4.98 Å². The van der Waals surface area contributed by atoms with E-state index in [0.717, 1.165) is 94.8 Å². The molecule has 0 saturated carbocycles. The SMILES string of the molecule is [2H]c1c(Oc2[c-]c3c(cc2)c2cc(-c4ccccc4)ccc2n3-c2cc(C(C)(C)C)c(-c3ccccc3)cn2)[c-]c(N2[CH-]N(c3c(-c4ccccc4)cccc3-c3ccc(C(C)(C)C)cc3)c3ccccc32)c([2H])c1[2H].[Pt]. The molecule has 0 unspecified atom stereocenters. The van der Waals surface area contributed by atoms with Gasteiger partial charge in [0.25, 0.3) is 0 Å². The second-order valence-electron chi connectivity index (χ2n) is 20.7. The van der Waals surface area contributed by atoms with Crippen LogP contribution in [0.4, 0.5) is 22.7 Å². The molecule has 11 aromatic rings. The molecule has 0 saturated heterocycles. The normalized spacial score (nSPS) is 13.1. The van der Waals surface area contributed by atoms with Crippen LogP contribution in [-0.4, -0.2) is 9.55 Å². The topological polar surface area (TPSA) is 33.5 Å². The number of rotatable bonds is 9. The summed E-state index contributed by atoms with van der Waals surface area (Å²) in [5, 5.41) is 1.98. The predicted octanol–water partition coefficient (Wildman–Crippen LogP) is 18.2. The van der Waals surface area contributed by atoms with E-state index in [2.05, 4.69) is 209 Å². The number of anilines is 4. The third-order valence-corrected chi connectivity index (χ3v) is 13.9. The van der Waals surface area contributed by atoms with Gasteiger partial charge in [-0.1, -0.05) is 205 Å². The van der Waals surface area contributed by atoms with Gasteiger partial charge in [0.05, 0.1) is 0 Å². The van der Waals surface area contributed by atoms with E-state index in [1.165, 1.54) is 5.56 Å². The molecule has 0 bridgehead atoms. The molecule has 0 radical (unpaired) electrons. The fraction of sp³-hybridized carbons (Fsp3) is 0.118. The fourth-order valence-corrected chi connectivity index (χ4v) is 10.2. The molecule has 5 nitrogen and oxygen atoms in total. The Morgan fingerprint density at radius 2 is 1.11 bits per heavy atom. The molecule has 12 rings (SSSR count). The first-order valence-corrected chi connectivity index (χ1v) is 24.9. The van der Waals surface area contributed by atoms with Gasteiger partial charge in [-0.15, -0.1) is 48.0 Å². The van der Waals surface area contributed by atoms with Crippen molar-refractivity contribution in [3.8, 4) is 61.8 Å². The van der Waals surface area contributed by atoms with E-state index < -0.39 is 0 Å². The summed E-state index contributed by atoms with van der Waals surface area (Å²) in [6.07, 6.45) is 1.97. The van der Waals surface area contributed by atoms with Gasteiger partial charge in [-0.3, -0.25) is 0 Å². The minimum Gasteiger partial charge on any atom is -0.509 e. The van der Waals surface area contributed by atoms with E-state index in [-0.39, 0.29) is 61.5 Å². The third-order valence-electron chi connectivity index (χ3n) is 13.9. The van der Waals surface area contributed by atoms with Crippen LogP contribution in [-0.2, 0) is 31.9 Å². The molecule has 1 aliphatic heterocycles. The quantitative estimate of drug-likeness (QED) is 0.135. The second-order valence-corrected chi connectivity index (χ2v) is 20.7. The zero-order chi connectivity index (χ0) is 52.5. The Morgan fingerprint density at radius 3 is 1.76 bits per heavy atom. The zero-order valence-electron chi connectivity index (χ0n) is 45.1. The van der Waals surface area contributed by atoms with Crippen LogP contribution in [0.15, 0.2) is 218 Å². The van der Waals surface area contributed by atoms with Crippen molar-refractivity contribution in [3.05, 3.63) is 248 Å². The zero-order valence-corrected chi connectivity index (χ0v) is 44.4. The van der Waals surface area contributed by atoms with Gasteiger partial charge in [-0.2, -0.15) is 12.1 Å². The smallest absolute Gasteiger partial charge is 0.135 e. The van der Waals surface area contributed by atoms with Crippen LogP contribution in [0.1, 0.15) is 56.8 Å². The predicted molar refractivity (Wildman–Crippen MR) is 303 cm³/mol. The van der Waals surface area contributed by atoms with Crippen LogP contribution in [0.2, 0.25) is 0 Å². The van der Waals surface area contributed by atoms with Crippen molar-refractivity contribution in [1.82, 2.24) is 9.55 Å². The average molecular weight is 1140 g/mol. The molecule has 2 aromatic heterocycles. The van der Waals surface area contributed by atoms with E-state index >= 15 is 0 Å². The molecule has 74 heavy (non-hydrogen) atoms. The number of nitrogens with zero attached hydrogens (tertiary/aromatic N) is 4. The first kappa shape index (κ1) is 44.7. The van der Waals surface area contributed by atoms with E-state index in [4.69, 9.17) is 9.72 Å². The van der Waals surface area contributed by atoms with Gasteiger partial charge in [0.2, 0.25) is 0 Å². The van der Waals surface area contributed by atoms with Crippen molar-refractivity contribution in [2.24, 2.45) is 0 Å². The molecule has 0 N–H and O–H groups in total. The number of hydrogen-bond donors (Lipinski definition) is 0. The van der Waals surface area contributed by atoms with Gasteiger partial charge in [0.1, 0.15) is 5.82 Å². The number of aromatic nitrogens is 2. The Balaban J connectivity index is 0.00000631. The van der Waals surface area contributed by atoms with Crippen LogP contribution in [0.5, 0.6) is 11.5 Å². The molecule has 0 amide bonds. The molecule has 0 atom stereocenters. The number of fused-ring (bicyclic) bond motifs is 4. The van der Waals surface area contributed by atoms with Crippen LogP contribution in [0.25, 0.3) is 72.1 Å². The number of pyridine rings is 1. The first-order valence-electron chi connectivity index (χ1n) is 26.4. The number of hydrogen-bond acceptors (Lipinski definition) is 4. The molecular weight excluding hydrogens is 1080 g/mol. The van der Waals surface area contributed by atoms with E-state index in [1.807, 2.05) is 66.3 Å². The summed E-state index contributed by atoms with van der Waals surface area (Å²) in [5.41, 5.74) is 15.4. The van der Waals surface area contributed by atoms with Crippen LogP contribution in [0, 0.1) is 18.8 Å². The Labute approximate surface area is 453 Å². The molecular formula is C68H55N4OPt-3. The Kier molecular flexibility index (Phi) is 11.8. The Bertz CT molecular complexity index is 4000. The molecule has 9 aromatic carbocycles. The van der Waals surface area contributed by atoms with Crippen LogP contribution >= 0.6 is 0 Å². The summed E-state index contributed by atoms with van der Waals surface area (Å²) in [7, 11) is 0. The van der Waals surface area contributed by atoms with Crippen molar-refractivity contribution >= 4 is 44.6 Å². The summed E-state index contributed by atoms with van der Waals surface area (Å²) in [6, 6.07) is 73.3. The first-order chi connectivity index (χ1) is 36.7. The van der Waals surface area contributed by atoms with Crippen LogP contribution in [0.3, 0.4) is 0 Å². The van der Waals surface area contributed by atoms with Gasteiger partial charge < -0.3 is 19.1 Å². The number of ether oxygens (including phenoxy) is 1. The summed E-state index contributed by atoms with van der Waals surface area (Å²) in [6.45, 7) is 15.3. The van der Waals surface area contributed by atoms with Crippen molar-refractivity contribution in [2.45, 2.75) is 52.4 Å². The van der Waals surface area contributed by atoms with Crippen LogP contribution < -0.4 is 14.5 Å². The van der Waals surface area contributed by atoms with Gasteiger partial charge >= 0.3 is 0 Å². The number of para-hydroxylation sites is 3. The molecule has 1 aliphatic rings. The summed E-state index contributed by atoms with van der Waals surface area (Å²) < 4.78 is 36.7. The second kappa shape index (κ2) is 19.5. The maximum Gasteiger partial charge on any atom is 0.135 e. The molecule has 0 fully saturated rings. The number of benzene rings is 9. The average Bonchev–Trinajstić information content (AvgIpc) is 4.16. The van der Waals surface area contributed by atoms with E-state index in [9.17, 15) is 4.11 Å². The molecule has 366 valence electrons. The molecule has 0 aliphatic carbocycles. The minimum absolute atomic E-state index is 0. The maximum absolute atomic E-state index is 9.42. The van der Waals surface area contributed by atoms with E-state index in [1.54, 1.807) is 0 Å². The maximum atomic E-state index is 9.42. The van der Waals surface area contributed by atoms with Crippen molar-refractivity contribution in [3.63, 3.8) is 0 Å². The monoisotopic (exact) mass is 1140 g/mol. The summed E-state index contributed by atoms with van der Waals surface area (Å²) in [5.74, 6) is 1.07. The van der Waals surface area contributed by atoms with Crippen molar-refractivity contribution in [2.75, 3.05) is 9.80 Å². The summed E-state index contributed by atoms with van der Waals surface area (Å²) in [4.78, 5) is 9.23. The summed E-state index contributed by atoms with van der Waals surface area (Å²) >= 11 is 0. The Hall–Kier alpha value is -7.98. The van der Waals surface area contributed by atoms with Gasteiger partial charge in [-0.05, 0) is 82.2 Å².